The van der Waals surface area contributed by atoms with E-state index in [-0.39, 0.29) is 17.5 Å². The fraction of sp³-hybridized carbons (Fsp3) is 0.389. The summed E-state index contributed by atoms with van der Waals surface area (Å²) in [5.74, 6) is -0.780. The number of rotatable bonds is 4. The molecule has 2 atom stereocenters. The molecule has 25 heavy (non-hydrogen) atoms. The van der Waals surface area contributed by atoms with Gasteiger partial charge < -0.3 is 16.8 Å². The van der Waals surface area contributed by atoms with E-state index in [2.05, 4.69) is 10.4 Å². The third-order valence-electron chi connectivity index (χ3n) is 4.81. The van der Waals surface area contributed by atoms with Crippen molar-refractivity contribution in [2.45, 2.75) is 38.1 Å². The summed E-state index contributed by atoms with van der Waals surface area (Å²) in [5.41, 5.74) is 12.7. The van der Waals surface area contributed by atoms with E-state index in [1.165, 1.54) is 0 Å². The Morgan fingerprint density at radius 3 is 2.56 bits per heavy atom. The summed E-state index contributed by atoms with van der Waals surface area (Å²) in [7, 11) is 0. The van der Waals surface area contributed by atoms with Gasteiger partial charge in [-0.2, -0.15) is 5.10 Å². The molecule has 1 aromatic carbocycles. The van der Waals surface area contributed by atoms with Gasteiger partial charge in [0, 0.05) is 17.4 Å². The van der Waals surface area contributed by atoms with Crippen LogP contribution in [0.2, 0.25) is 0 Å². The third kappa shape index (κ3) is 3.71. The van der Waals surface area contributed by atoms with Crippen LogP contribution in [0.5, 0.6) is 0 Å². The van der Waals surface area contributed by atoms with E-state index in [1.54, 1.807) is 29.1 Å². The normalized spacial score (nSPS) is 23.2. The number of benzene rings is 1. The monoisotopic (exact) mass is 341 g/mol. The summed E-state index contributed by atoms with van der Waals surface area (Å²) in [6.07, 6.45) is 5.45. The molecule has 1 saturated carbocycles. The van der Waals surface area contributed by atoms with E-state index >= 15 is 0 Å². The van der Waals surface area contributed by atoms with Gasteiger partial charge in [-0.1, -0.05) is 12.8 Å². The van der Waals surface area contributed by atoms with Gasteiger partial charge in [-0.25, -0.2) is 4.68 Å². The molecule has 7 nitrogen and oxygen atoms in total. The lowest BCUT2D eigenvalue weighted by molar-refractivity contribution is -0.122. The van der Waals surface area contributed by atoms with Gasteiger partial charge in [0.2, 0.25) is 5.91 Å². The molecule has 2 aromatic rings. The van der Waals surface area contributed by atoms with Crippen molar-refractivity contribution in [1.29, 1.82) is 0 Å². The summed E-state index contributed by atoms with van der Waals surface area (Å²) >= 11 is 0. The smallest absolute Gasteiger partial charge is 0.269 e. The van der Waals surface area contributed by atoms with E-state index in [1.807, 2.05) is 19.1 Å². The van der Waals surface area contributed by atoms with Gasteiger partial charge in [0.15, 0.2) is 0 Å². The molecular weight excluding hydrogens is 318 g/mol. The van der Waals surface area contributed by atoms with Crippen molar-refractivity contribution in [2.75, 3.05) is 5.32 Å². The first-order valence-electron chi connectivity index (χ1n) is 8.42. The number of carbonyl (C=O) groups excluding carboxylic acids is 2. The molecule has 7 heteroatoms. The van der Waals surface area contributed by atoms with E-state index in [9.17, 15) is 9.59 Å². The van der Waals surface area contributed by atoms with Gasteiger partial charge in [-0.05, 0) is 50.1 Å². The average molecular weight is 341 g/mol. The van der Waals surface area contributed by atoms with Crippen LogP contribution < -0.4 is 16.8 Å². The summed E-state index contributed by atoms with van der Waals surface area (Å²) in [4.78, 5) is 23.7. The first kappa shape index (κ1) is 17.2. The SMILES string of the molecule is CC1(N)CCCCC1C(=O)Nc1ccc(-n2ccc(C(N)=O)n2)cc1. The Hall–Kier alpha value is -2.67. The molecule has 0 radical (unpaired) electrons. The first-order chi connectivity index (χ1) is 11.9. The van der Waals surface area contributed by atoms with Gasteiger partial charge in [-0.3, -0.25) is 9.59 Å². The van der Waals surface area contributed by atoms with Crippen molar-refractivity contribution < 1.29 is 9.59 Å². The molecule has 1 aliphatic carbocycles. The molecule has 132 valence electrons. The van der Waals surface area contributed by atoms with Crippen LogP contribution in [0.1, 0.15) is 43.1 Å². The lowest BCUT2D eigenvalue weighted by Gasteiger charge is -2.37. The molecule has 2 amide bonds. The van der Waals surface area contributed by atoms with Crippen LogP contribution in [0.15, 0.2) is 36.5 Å². The van der Waals surface area contributed by atoms with Crippen molar-refractivity contribution in [3.05, 3.63) is 42.2 Å². The van der Waals surface area contributed by atoms with Gasteiger partial charge >= 0.3 is 0 Å². The number of aromatic nitrogens is 2. The topological polar surface area (TPSA) is 116 Å². The zero-order valence-corrected chi connectivity index (χ0v) is 14.2. The number of nitrogens with one attached hydrogen (secondary N) is 1. The van der Waals surface area contributed by atoms with Gasteiger partial charge in [-0.15, -0.1) is 0 Å². The Morgan fingerprint density at radius 1 is 1.24 bits per heavy atom. The van der Waals surface area contributed by atoms with Crippen LogP contribution >= 0.6 is 0 Å². The molecule has 1 heterocycles. The summed E-state index contributed by atoms with van der Waals surface area (Å²) in [6, 6.07) is 8.79. The minimum atomic E-state index is -0.569. The molecule has 1 aromatic heterocycles. The standard InChI is InChI=1S/C18H23N5O2/c1-18(20)10-3-2-4-14(18)17(25)21-12-5-7-13(8-6-12)23-11-9-15(22-23)16(19)24/h5-9,11,14H,2-4,10,20H2,1H3,(H2,19,24)(H,21,25). The van der Waals surface area contributed by atoms with E-state index < -0.39 is 11.4 Å². The fourth-order valence-electron chi connectivity index (χ4n) is 3.31. The zero-order chi connectivity index (χ0) is 18.0. The van der Waals surface area contributed by atoms with Crippen molar-refractivity contribution in [3.8, 4) is 5.69 Å². The Morgan fingerprint density at radius 2 is 1.96 bits per heavy atom. The highest BCUT2D eigenvalue weighted by atomic mass is 16.2. The lowest BCUT2D eigenvalue weighted by atomic mass is 9.74. The maximum Gasteiger partial charge on any atom is 0.269 e. The van der Waals surface area contributed by atoms with Crippen LogP contribution in [0, 0.1) is 5.92 Å². The van der Waals surface area contributed by atoms with Crippen molar-refractivity contribution in [1.82, 2.24) is 9.78 Å². The van der Waals surface area contributed by atoms with Crippen LogP contribution in [-0.4, -0.2) is 27.1 Å². The van der Waals surface area contributed by atoms with Crippen LogP contribution in [0.25, 0.3) is 5.69 Å². The van der Waals surface area contributed by atoms with Crippen molar-refractivity contribution in [3.63, 3.8) is 0 Å². The van der Waals surface area contributed by atoms with Crippen molar-refractivity contribution >= 4 is 17.5 Å². The summed E-state index contributed by atoms with van der Waals surface area (Å²) in [5, 5.41) is 7.05. The molecule has 1 aliphatic rings. The first-order valence-corrected chi connectivity index (χ1v) is 8.42. The number of amides is 2. The van der Waals surface area contributed by atoms with Crippen LogP contribution in [-0.2, 0) is 4.79 Å². The maximum absolute atomic E-state index is 12.6. The molecule has 0 aliphatic heterocycles. The molecule has 1 fully saturated rings. The third-order valence-corrected chi connectivity index (χ3v) is 4.81. The average Bonchev–Trinajstić information content (AvgIpc) is 3.05. The number of carbonyl (C=O) groups is 2. The second-order valence-electron chi connectivity index (χ2n) is 6.85. The molecule has 2 unspecified atom stereocenters. The maximum atomic E-state index is 12.6. The van der Waals surface area contributed by atoms with Crippen molar-refractivity contribution in [2.24, 2.45) is 17.4 Å². The van der Waals surface area contributed by atoms with E-state index in [0.29, 0.717) is 5.69 Å². The second-order valence-corrected chi connectivity index (χ2v) is 6.85. The van der Waals surface area contributed by atoms with Gasteiger partial charge in [0.05, 0.1) is 11.6 Å². The Labute approximate surface area is 146 Å². The summed E-state index contributed by atoms with van der Waals surface area (Å²) in [6.45, 7) is 1.95. The predicted octanol–water partition coefficient (Wildman–Crippen LogP) is 1.82. The van der Waals surface area contributed by atoms with Crippen LogP contribution in [0.3, 0.4) is 0 Å². The molecule has 5 N–H and O–H groups in total. The number of primary amides is 1. The zero-order valence-electron chi connectivity index (χ0n) is 14.2. The van der Waals surface area contributed by atoms with E-state index in [4.69, 9.17) is 11.5 Å². The summed E-state index contributed by atoms with van der Waals surface area (Å²) < 4.78 is 1.56. The molecule has 0 bridgehead atoms. The minimum absolute atomic E-state index is 0.0347. The second kappa shape index (κ2) is 6.68. The number of nitrogens with zero attached hydrogens (tertiary/aromatic N) is 2. The van der Waals surface area contributed by atoms with Gasteiger partial charge in [0.25, 0.3) is 5.91 Å². The Kier molecular flexibility index (Phi) is 4.59. The molecular formula is C18H23N5O2. The predicted molar refractivity (Wildman–Crippen MR) is 95.3 cm³/mol. The molecule has 3 rings (SSSR count). The highest BCUT2D eigenvalue weighted by molar-refractivity contribution is 5.93. The number of anilines is 1. The lowest BCUT2D eigenvalue weighted by Crippen LogP contribution is -2.51. The largest absolute Gasteiger partial charge is 0.364 e. The Bertz CT molecular complexity index is 779. The highest BCUT2D eigenvalue weighted by Gasteiger charge is 2.37. The molecule has 0 saturated heterocycles. The number of hydrogen-bond donors (Lipinski definition) is 3. The minimum Gasteiger partial charge on any atom is -0.364 e. The molecule has 0 spiro atoms. The quantitative estimate of drug-likeness (QED) is 0.786. The van der Waals surface area contributed by atoms with E-state index in [0.717, 1.165) is 31.4 Å². The fourth-order valence-corrected chi connectivity index (χ4v) is 3.31. The van der Waals surface area contributed by atoms with Gasteiger partial charge in [0.1, 0.15) is 5.69 Å². The number of hydrogen-bond acceptors (Lipinski definition) is 4. The highest BCUT2D eigenvalue weighted by Crippen LogP contribution is 2.32. The van der Waals surface area contributed by atoms with Crippen LogP contribution in [0.4, 0.5) is 5.69 Å². The number of nitrogens with two attached hydrogens (primary N) is 2. The Balaban J connectivity index is 1.70.